The molecule has 2 nitrogen and oxygen atoms in total. The van der Waals surface area contributed by atoms with E-state index in [1.165, 1.54) is 66.9 Å². The van der Waals surface area contributed by atoms with Crippen molar-refractivity contribution in [2.75, 3.05) is 0 Å². The van der Waals surface area contributed by atoms with Crippen LogP contribution in [0.5, 0.6) is 0 Å². The predicted molar refractivity (Wildman–Crippen MR) is 170 cm³/mol. The second kappa shape index (κ2) is 12.2. The zero-order chi connectivity index (χ0) is 27.8. The number of hydrogen-bond donors (Lipinski definition) is 0. The summed E-state index contributed by atoms with van der Waals surface area (Å²) in [6.45, 7) is 12.6. The van der Waals surface area contributed by atoms with Crippen molar-refractivity contribution in [3.05, 3.63) is 45.0 Å². The topological polar surface area (TPSA) is 26.3 Å². The van der Waals surface area contributed by atoms with E-state index in [0.717, 1.165) is 54.8 Å². The van der Waals surface area contributed by atoms with Gasteiger partial charge in [-0.15, -0.1) is 0 Å². The van der Waals surface area contributed by atoms with Gasteiger partial charge in [-0.05, 0) is 138 Å². The Balaban J connectivity index is 1.18. The molecule has 0 aliphatic heterocycles. The monoisotopic (exact) mass is 644 g/mol. The Labute approximate surface area is 252 Å². The molecule has 8 atom stereocenters. The SMILES string of the molecule is CC(C)CCCC(C)C1CCC2C3CC=C4CC(OC(=O)CCc5ccc(I)cc5)CCC4(C)C3CCC12C. The summed E-state index contributed by atoms with van der Waals surface area (Å²) in [6.07, 6.45) is 18.4. The highest BCUT2D eigenvalue weighted by Gasteiger charge is 2.59. The maximum absolute atomic E-state index is 12.7. The zero-order valence-corrected chi connectivity index (χ0v) is 27.5. The molecule has 1 aromatic carbocycles. The number of ether oxygens (including phenoxy) is 1. The van der Waals surface area contributed by atoms with Crippen LogP contribution in [0.1, 0.15) is 117 Å². The molecule has 39 heavy (non-hydrogen) atoms. The fourth-order valence-electron chi connectivity index (χ4n) is 9.89. The van der Waals surface area contributed by atoms with Crippen LogP contribution in [0.4, 0.5) is 0 Å². The minimum atomic E-state index is -0.0237. The molecule has 0 aromatic heterocycles. The molecular formula is C36H53IO2. The molecule has 0 bridgehead atoms. The highest BCUT2D eigenvalue weighted by atomic mass is 127. The molecule has 8 unspecified atom stereocenters. The van der Waals surface area contributed by atoms with Gasteiger partial charge in [0.2, 0.25) is 0 Å². The van der Waals surface area contributed by atoms with Crippen molar-refractivity contribution >= 4 is 28.6 Å². The van der Waals surface area contributed by atoms with E-state index in [-0.39, 0.29) is 12.1 Å². The minimum Gasteiger partial charge on any atom is -0.462 e. The summed E-state index contributed by atoms with van der Waals surface area (Å²) in [4.78, 5) is 12.7. The first-order chi connectivity index (χ1) is 18.6. The van der Waals surface area contributed by atoms with Crippen molar-refractivity contribution in [2.45, 2.75) is 124 Å². The van der Waals surface area contributed by atoms with Gasteiger partial charge in [-0.1, -0.05) is 77.7 Å². The number of halogens is 1. The first-order valence-electron chi connectivity index (χ1n) is 16.2. The van der Waals surface area contributed by atoms with Crippen LogP contribution in [0.2, 0.25) is 0 Å². The average Bonchev–Trinajstić information content (AvgIpc) is 3.25. The van der Waals surface area contributed by atoms with Gasteiger partial charge in [0.05, 0.1) is 0 Å². The van der Waals surface area contributed by atoms with Crippen molar-refractivity contribution in [3.63, 3.8) is 0 Å². The van der Waals surface area contributed by atoms with Gasteiger partial charge < -0.3 is 4.74 Å². The van der Waals surface area contributed by atoms with Gasteiger partial charge in [-0.25, -0.2) is 0 Å². The van der Waals surface area contributed by atoms with E-state index in [9.17, 15) is 4.79 Å². The van der Waals surface area contributed by atoms with E-state index in [1.54, 1.807) is 5.57 Å². The van der Waals surface area contributed by atoms with Crippen LogP contribution in [0.3, 0.4) is 0 Å². The first-order valence-corrected chi connectivity index (χ1v) is 17.3. The maximum atomic E-state index is 12.7. The van der Waals surface area contributed by atoms with Crippen LogP contribution in [0.25, 0.3) is 0 Å². The molecule has 0 spiro atoms. The van der Waals surface area contributed by atoms with Gasteiger partial charge in [0, 0.05) is 16.4 Å². The highest BCUT2D eigenvalue weighted by Crippen LogP contribution is 2.67. The molecular weight excluding hydrogens is 591 g/mol. The van der Waals surface area contributed by atoms with Crippen molar-refractivity contribution in [1.82, 2.24) is 0 Å². The predicted octanol–water partition coefficient (Wildman–Crippen LogP) is 10.2. The van der Waals surface area contributed by atoms with Crippen molar-refractivity contribution in [1.29, 1.82) is 0 Å². The smallest absolute Gasteiger partial charge is 0.306 e. The lowest BCUT2D eigenvalue weighted by Gasteiger charge is -2.58. The van der Waals surface area contributed by atoms with Gasteiger partial charge in [0.15, 0.2) is 0 Å². The zero-order valence-electron chi connectivity index (χ0n) is 25.3. The van der Waals surface area contributed by atoms with Gasteiger partial charge in [0.25, 0.3) is 0 Å². The van der Waals surface area contributed by atoms with Crippen LogP contribution in [-0.4, -0.2) is 12.1 Å². The lowest BCUT2D eigenvalue weighted by Crippen LogP contribution is -2.51. The van der Waals surface area contributed by atoms with Crippen LogP contribution in [0, 0.1) is 49.9 Å². The third-order valence-electron chi connectivity index (χ3n) is 12.1. The maximum Gasteiger partial charge on any atom is 0.306 e. The van der Waals surface area contributed by atoms with E-state index in [4.69, 9.17) is 4.74 Å². The molecule has 0 amide bonds. The molecule has 4 aliphatic rings. The summed E-state index contributed by atoms with van der Waals surface area (Å²) in [5.41, 5.74) is 3.69. The molecule has 0 radical (unpaired) electrons. The number of carbonyl (C=O) groups is 1. The van der Waals surface area contributed by atoms with Crippen LogP contribution >= 0.6 is 22.6 Å². The summed E-state index contributed by atoms with van der Waals surface area (Å²) < 4.78 is 7.29. The Morgan fingerprint density at radius 1 is 1.00 bits per heavy atom. The minimum absolute atomic E-state index is 0.0237. The van der Waals surface area contributed by atoms with Crippen molar-refractivity contribution in [2.24, 2.45) is 46.3 Å². The van der Waals surface area contributed by atoms with E-state index in [2.05, 4.69) is 87.6 Å². The number of fused-ring (bicyclic) bond motifs is 5. The Bertz CT molecular complexity index is 1030. The molecule has 0 heterocycles. The number of esters is 1. The Morgan fingerprint density at radius 3 is 2.51 bits per heavy atom. The average molecular weight is 645 g/mol. The van der Waals surface area contributed by atoms with E-state index < -0.39 is 0 Å². The molecule has 216 valence electrons. The number of aryl methyl sites for hydroxylation is 1. The lowest BCUT2D eigenvalue weighted by atomic mass is 9.47. The molecule has 0 saturated heterocycles. The van der Waals surface area contributed by atoms with Gasteiger partial charge >= 0.3 is 5.97 Å². The lowest BCUT2D eigenvalue weighted by molar-refractivity contribution is -0.151. The first kappa shape index (κ1) is 29.6. The Morgan fingerprint density at radius 2 is 1.77 bits per heavy atom. The molecule has 0 N–H and O–H groups in total. The molecule has 3 heteroatoms. The van der Waals surface area contributed by atoms with Crippen LogP contribution in [-0.2, 0) is 16.0 Å². The van der Waals surface area contributed by atoms with E-state index in [1.807, 2.05) is 0 Å². The van der Waals surface area contributed by atoms with Gasteiger partial charge in [0.1, 0.15) is 6.10 Å². The summed E-state index contributed by atoms with van der Waals surface area (Å²) in [5.74, 6) is 5.19. The number of allylic oxidation sites excluding steroid dienone is 1. The Hall–Kier alpha value is -0.840. The van der Waals surface area contributed by atoms with E-state index >= 15 is 0 Å². The highest BCUT2D eigenvalue weighted by molar-refractivity contribution is 14.1. The Kier molecular flexibility index (Phi) is 9.26. The number of carbonyl (C=O) groups excluding carboxylic acids is 1. The number of benzene rings is 1. The normalized spacial score (nSPS) is 36.5. The van der Waals surface area contributed by atoms with Crippen LogP contribution < -0.4 is 0 Å². The molecule has 3 fully saturated rings. The molecule has 5 rings (SSSR count). The third-order valence-corrected chi connectivity index (χ3v) is 12.8. The summed E-state index contributed by atoms with van der Waals surface area (Å²) in [6, 6.07) is 8.47. The van der Waals surface area contributed by atoms with Gasteiger partial charge in [-0.2, -0.15) is 0 Å². The fraction of sp³-hybridized carbons (Fsp3) is 0.750. The summed E-state index contributed by atoms with van der Waals surface area (Å²) in [5, 5.41) is 0. The second-order valence-corrected chi connectivity index (χ2v) is 16.0. The third kappa shape index (κ3) is 6.19. The molecule has 1 aromatic rings. The fourth-order valence-corrected chi connectivity index (χ4v) is 10.3. The van der Waals surface area contributed by atoms with Crippen molar-refractivity contribution in [3.8, 4) is 0 Å². The van der Waals surface area contributed by atoms with E-state index in [0.29, 0.717) is 17.3 Å². The number of rotatable bonds is 9. The molecule has 3 saturated carbocycles. The summed E-state index contributed by atoms with van der Waals surface area (Å²) >= 11 is 2.32. The quantitative estimate of drug-likeness (QED) is 0.152. The largest absolute Gasteiger partial charge is 0.462 e. The van der Waals surface area contributed by atoms with Crippen LogP contribution in [0.15, 0.2) is 35.9 Å². The standard InChI is InChI=1S/C36H53IO2/c1-24(2)7-6-8-25(3)31-16-17-32-30-15-12-27-23-29(19-21-35(27,4)33(30)20-22-36(31,32)5)39-34(38)18-11-26-9-13-28(37)14-10-26/h9-10,12-14,24-25,29-33H,6-8,11,15-23H2,1-5H3. The van der Waals surface area contributed by atoms with Gasteiger partial charge in [-0.3, -0.25) is 4.79 Å². The number of hydrogen-bond acceptors (Lipinski definition) is 2. The molecule has 4 aliphatic carbocycles. The van der Waals surface area contributed by atoms with Crippen molar-refractivity contribution < 1.29 is 9.53 Å². The second-order valence-electron chi connectivity index (χ2n) is 14.8. The summed E-state index contributed by atoms with van der Waals surface area (Å²) in [7, 11) is 0.